The molecule has 0 spiro atoms. The summed E-state index contributed by atoms with van der Waals surface area (Å²) >= 11 is 0. The molecule has 92 valence electrons. The lowest BCUT2D eigenvalue weighted by Crippen LogP contribution is -2.30. The molecule has 2 aliphatic rings. The summed E-state index contributed by atoms with van der Waals surface area (Å²) < 4.78 is 0. The Bertz CT molecular complexity index is 404. The summed E-state index contributed by atoms with van der Waals surface area (Å²) in [6.07, 6.45) is 9.28. The number of nitrogens with one attached hydrogen (secondary N) is 1. The van der Waals surface area contributed by atoms with Gasteiger partial charge in [-0.2, -0.15) is 0 Å². The molecule has 2 fully saturated rings. The minimum Gasteiger partial charge on any atom is -0.396 e. The maximum atomic E-state index is 5.92. The Labute approximate surface area is 103 Å². The van der Waals surface area contributed by atoms with Crippen molar-refractivity contribution < 1.29 is 0 Å². The maximum absolute atomic E-state index is 5.92. The fourth-order valence-electron chi connectivity index (χ4n) is 3.80. The highest BCUT2D eigenvalue weighted by Crippen LogP contribution is 2.49. The lowest BCUT2D eigenvalue weighted by Gasteiger charge is -2.29. The molecule has 4 atom stereocenters. The van der Waals surface area contributed by atoms with Crippen LogP contribution in [-0.4, -0.2) is 11.0 Å². The summed E-state index contributed by atoms with van der Waals surface area (Å²) in [7, 11) is 0. The van der Waals surface area contributed by atoms with Gasteiger partial charge in [-0.05, 0) is 50.0 Å². The molecular weight excluding hydrogens is 210 g/mol. The SMILES string of the molecule is CC(Nc1ccncc1N)C1CC2CCC1C2. The molecule has 2 saturated carbocycles. The van der Waals surface area contributed by atoms with E-state index in [2.05, 4.69) is 17.2 Å². The Kier molecular flexibility index (Phi) is 2.69. The Morgan fingerprint density at radius 3 is 2.94 bits per heavy atom. The molecule has 1 aromatic rings. The third-order valence-electron chi connectivity index (χ3n) is 4.67. The van der Waals surface area contributed by atoms with E-state index in [1.165, 1.54) is 25.7 Å². The van der Waals surface area contributed by atoms with Crippen LogP contribution in [0.25, 0.3) is 0 Å². The van der Waals surface area contributed by atoms with Crippen molar-refractivity contribution in [2.75, 3.05) is 11.1 Å². The van der Waals surface area contributed by atoms with Crippen LogP contribution in [0.2, 0.25) is 0 Å². The van der Waals surface area contributed by atoms with E-state index in [0.29, 0.717) is 6.04 Å². The molecule has 1 heterocycles. The molecule has 1 aromatic heterocycles. The number of pyridine rings is 1. The van der Waals surface area contributed by atoms with E-state index in [9.17, 15) is 0 Å². The molecule has 3 heteroatoms. The second-order valence-corrected chi connectivity index (χ2v) is 5.73. The van der Waals surface area contributed by atoms with Crippen molar-refractivity contribution >= 4 is 11.4 Å². The highest BCUT2D eigenvalue weighted by molar-refractivity contribution is 5.64. The molecule has 3 rings (SSSR count). The fraction of sp³-hybridized carbons (Fsp3) is 0.643. The number of nitrogen functional groups attached to an aromatic ring is 1. The Hall–Kier alpha value is -1.25. The standard InChI is InChI=1S/C14H21N3/c1-9(12-7-10-2-3-11(12)6-10)17-14-4-5-16-8-13(14)15/h4-5,8-12H,2-3,6-7,15H2,1H3,(H,16,17). The van der Waals surface area contributed by atoms with Gasteiger partial charge in [-0.15, -0.1) is 0 Å². The van der Waals surface area contributed by atoms with Crippen molar-refractivity contribution in [3.63, 3.8) is 0 Å². The summed E-state index contributed by atoms with van der Waals surface area (Å²) in [6, 6.07) is 2.49. The smallest absolute Gasteiger partial charge is 0.0736 e. The van der Waals surface area contributed by atoms with Gasteiger partial charge in [0, 0.05) is 12.2 Å². The summed E-state index contributed by atoms with van der Waals surface area (Å²) in [5, 5.41) is 3.57. The van der Waals surface area contributed by atoms with Crippen LogP contribution < -0.4 is 11.1 Å². The van der Waals surface area contributed by atoms with Crippen molar-refractivity contribution in [1.82, 2.24) is 4.98 Å². The second-order valence-electron chi connectivity index (χ2n) is 5.73. The molecule has 2 aliphatic carbocycles. The number of hydrogen-bond donors (Lipinski definition) is 2. The first-order valence-electron chi connectivity index (χ1n) is 6.70. The lowest BCUT2D eigenvalue weighted by atomic mass is 9.84. The van der Waals surface area contributed by atoms with Gasteiger partial charge in [-0.3, -0.25) is 4.98 Å². The molecule has 4 unspecified atom stereocenters. The quantitative estimate of drug-likeness (QED) is 0.841. The Balaban J connectivity index is 1.68. The van der Waals surface area contributed by atoms with E-state index >= 15 is 0 Å². The second kappa shape index (κ2) is 4.21. The Morgan fingerprint density at radius 2 is 2.29 bits per heavy atom. The van der Waals surface area contributed by atoms with Crippen molar-refractivity contribution in [2.24, 2.45) is 17.8 Å². The number of anilines is 2. The van der Waals surface area contributed by atoms with Crippen LogP contribution in [0.5, 0.6) is 0 Å². The predicted octanol–water partition coefficient (Wildman–Crippen LogP) is 2.90. The van der Waals surface area contributed by atoms with Gasteiger partial charge in [-0.1, -0.05) is 6.42 Å². The van der Waals surface area contributed by atoms with Crippen LogP contribution in [0, 0.1) is 17.8 Å². The minimum absolute atomic E-state index is 0.523. The molecule has 0 saturated heterocycles. The van der Waals surface area contributed by atoms with Gasteiger partial charge in [0.1, 0.15) is 0 Å². The van der Waals surface area contributed by atoms with E-state index in [1.807, 2.05) is 6.07 Å². The maximum Gasteiger partial charge on any atom is 0.0736 e. The molecule has 0 amide bonds. The van der Waals surface area contributed by atoms with Crippen LogP contribution >= 0.6 is 0 Å². The zero-order chi connectivity index (χ0) is 11.8. The van der Waals surface area contributed by atoms with Crippen molar-refractivity contribution in [1.29, 1.82) is 0 Å². The number of nitrogens with two attached hydrogens (primary N) is 1. The van der Waals surface area contributed by atoms with Gasteiger partial charge >= 0.3 is 0 Å². The lowest BCUT2D eigenvalue weighted by molar-refractivity contribution is 0.304. The van der Waals surface area contributed by atoms with Gasteiger partial charge in [0.2, 0.25) is 0 Å². The van der Waals surface area contributed by atoms with Gasteiger partial charge in [0.15, 0.2) is 0 Å². The zero-order valence-corrected chi connectivity index (χ0v) is 10.4. The molecule has 0 radical (unpaired) electrons. The number of rotatable bonds is 3. The average Bonchev–Trinajstić information content (AvgIpc) is 2.94. The summed E-state index contributed by atoms with van der Waals surface area (Å²) in [5.41, 5.74) is 7.71. The fourth-order valence-corrected chi connectivity index (χ4v) is 3.80. The van der Waals surface area contributed by atoms with Crippen LogP contribution in [0.4, 0.5) is 11.4 Å². The molecule has 0 aromatic carbocycles. The third-order valence-corrected chi connectivity index (χ3v) is 4.67. The molecule has 0 aliphatic heterocycles. The van der Waals surface area contributed by atoms with E-state index in [4.69, 9.17) is 5.73 Å². The van der Waals surface area contributed by atoms with Gasteiger partial charge < -0.3 is 11.1 Å². The third kappa shape index (κ3) is 1.99. The number of aromatic nitrogens is 1. The van der Waals surface area contributed by atoms with Gasteiger partial charge in [0.05, 0.1) is 17.6 Å². The molecule has 3 N–H and O–H groups in total. The van der Waals surface area contributed by atoms with E-state index < -0.39 is 0 Å². The first-order valence-corrected chi connectivity index (χ1v) is 6.70. The summed E-state index contributed by atoms with van der Waals surface area (Å²) in [4.78, 5) is 4.02. The van der Waals surface area contributed by atoms with Crippen molar-refractivity contribution in [2.45, 2.75) is 38.6 Å². The normalized spacial score (nSPS) is 32.6. The molecular formula is C14H21N3. The molecule has 3 nitrogen and oxygen atoms in total. The number of fused-ring (bicyclic) bond motifs is 2. The minimum atomic E-state index is 0.523. The highest BCUT2D eigenvalue weighted by Gasteiger charge is 2.41. The Morgan fingerprint density at radius 1 is 1.41 bits per heavy atom. The molecule has 2 bridgehead atoms. The van der Waals surface area contributed by atoms with Crippen LogP contribution in [0.1, 0.15) is 32.6 Å². The van der Waals surface area contributed by atoms with Crippen LogP contribution in [0.3, 0.4) is 0 Å². The van der Waals surface area contributed by atoms with Gasteiger partial charge in [-0.25, -0.2) is 0 Å². The summed E-state index contributed by atoms with van der Waals surface area (Å²) in [5.74, 6) is 2.79. The predicted molar refractivity (Wildman–Crippen MR) is 70.7 cm³/mol. The first kappa shape index (κ1) is 10.9. The zero-order valence-electron chi connectivity index (χ0n) is 10.4. The monoisotopic (exact) mass is 231 g/mol. The van der Waals surface area contributed by atoms with E-state index in [1.54, 1.807) is 12.4 Å². The van der Waals surface area contributed by atoms with Crippen molar-refractivity contribution in [3.05, 3.63) is 18.5 Å². The summed E-state index contributed by atoms with van der Waals surface area (Å²) in [6.45, 7) is 2.30. The number of nitrogens with zero attached hydrogens (tertiary/aromatic N) is 1. The van der Waals surface area contributed by atoms with E-state index in [-0.39, 0.29) is 0 Å². The van der Waals surface area contributed by atoms with Gasteiger partial charge in [0.25, 0.3) is 0 Å². The topological polar surface area (TPSA) is 50.9 Å². The molecule has 17 heavy (non-hydrogen) atoms. The number of hydrogen-bond acceptors (Lipinski definition) is 3. The largest absolute Gasteiger partial charge is 0.396 e. The van der Waals surface area contributed by atoms with Crippen LogP contribution in [0.15, 0.2) is 18.5 Å². The first-order chi connectivity index (χ1) is 8.24. The highest BCUT2D eigenvalue weighted by atomic mass is 14.9. The van der Waals surface area contributed by atoms with E-state index in [0.717, 1.165) is 29.1 Å². The van der Waals surface area contributed by atoms with Crippen molar-refractivity contribution in [3.8, 4) is 0 Å². The average molecular weight is 231 g/mol. The van der Waals surface area contributed by atoms with Crippen LogP contribution in [-0.2, 0) is 0 Å².